The molecule has 1 aliphatic rings. The third-order valence-corrected chi connectivity index (χ3v) is 3.54. The highest BCUT2D eigenvalue weighted by molar-refractivity contribution is 5.67. The summed E-state index contributed by atoms with van der Waals surface area (Å²) in [6.07, 6.45) is 0.536. The number of hydrogen-bond acceptors (Lipinski definition) is 3. The summed E-state index contributed by atoms with van der Waals surface area (Å²) in [6.45, 7) is 2.83. The first-order valence-corrected chi connectivity index (χ1v) is 6.63. The fraction of sp³-hybridized carbons (Fsp3) is 0.500. The summed E-state index contributed by atoms with van der Waals surface area (Å²) >= 11 is 0. The maximum Gasteiger partial charge on any atom is 0.409 e. The predicted molar refractivity (Wildman–Crippen MR) is 68.6 cm³/mol. The van der Waals surface area contributed by atoms with E-state index in [0.717, 1.165) is 12.1 Å². The van der Waals surface area contributed by atoms with Gasteiger partial charge in [0, 0.05) is 18.7 Å². The zero-order valence-electron chi connectivity index (χ0n) is 11.2. The Hall–Kier alpha value is -1.85. The van der Waals surface area contributed by atoms with Crippen molar-refractivity contribution in [2.45, 2.75) is 25.7 Å². The van der Waals surface area contributed by atoms with Gasteiger partial charge in [-0.1, -0.05) is 0 Å². The van der Waals surface area contributed by atoms with Gasteiger partial charge in [-0.2, -0.15) is 0 Å². The van der Waals surface area contributed by atoms with Crippen LogP contribution in [0.15, 0.2) is 12.1 Å². The second kappa shape index (κ2) is 6.07. The number of nitrogens with zero attached hydrogens (tertiary/aromatic N) is 1. The van der Waals surface area contributed by atoms with E-state index in [4.69, 9.17) is 4.74 Å². The number of phenols is 1. The van der Waals surface area contributed by atoms with Gasteiger partial charge in [0.15, 0.2) is 11.6 Å². The van der Waals surface area contributed by atoms with E-state index < -0.39 is 17.7 Å². The highest BCUT2D eigenvalue weighted by Crippen LogP contribution is 2.36. The van der Waals surface area contributed by atoms with Crippen LogP contribution in [-0.4, -0.2) is 35.8 Å². The minimum atomic E-state index is -1.00. The Balaban J connectivity index is 2.08. The number of ether oxygens (including phenoxy) is 1. The molecule has 1 saturated heterocycles. The van der Waals surface area contributed by atoms with Gasteiger partial charge in [-0.25, -0.2) is 13.6 Å². The predicted octanol–water partition coefficient (Wildman–Crippen LogP) is 3.01. The molecule has 0 aliphatic carbocycles. The van der Waals surface area contributed by atoms with Gasteiger partial charge in [0.25, 0.3) is 0 Å². The number of halogens is 2. The first kappa shape index (κ1) is 14.6. The van der Waals surface area contributed by atoms with E-state index in [1.165, 1.54) is 4.90 Å². The van der Waals surface area contributed by atoms with Gasteiger partial charge in [-0.05, 0) is 37.8 Å². The number of piperidine rings is 1. The summed E-state index contributed by atoms with van der Waals surface area (Å²) in [5, 5.41) is 9.72. The molecule has 0 unspecified atom stereocenters. The second-order valence-electron chi connectivity index (χ2n) is 4.75. The van der Waals surface area contributed by atoms with E-state index in [1.807, 2.05) is 0 Å². The van der Waals surface area contributed by atoms with Crippen LogP contribution in [0.5, 0.6) is 5.75 Å². The fourth-order valence-electron chi connectivity index (χ4n) is 2.51. The second-order valence-corrected chi connectivity index (χ2v) is 4.75. The summed E-state index contributed by atoms with van der Waals surface area (Å²) in [7, 11) is 0. The van der Waals surface area contributed by atoms with E-state index >= 15 is 0 Å². The monoisotopic (exact) mass is 285 g/mol. The van der Waals surface area contributed by atoms with Crippen molar-refractivity contribution in [3.05, 3.63) is 29.3 Å². The maximum absolute atomic E-state index is 13.8. The lowest BCUT2D eigenvalue weighted by atomic mass is 9.88. The number of likely N-dealkylation sites (tertiary alicyclic amines) is 1. The molecule has 1 aromatic carbocycles. The van der Waals surface area contributed by atoms with E-state index in [-0.39, 0.29) is 17.2 Å². The van der Waals surface area contributed by atoms with Crippen molar-refractivity contribution in [1.29, 1.82) is 0 Å². The number of aromatic hydroxyl groups is 1. The Morgan fingerprint density at radius 3 is 2.65 bits per heavy atom. The Morgan fingerprint density at radius 1 is 1.40 bits per heavy atom. The molecule has 1 aromatic rings. The van der Waals surface area contributed by atoms with Crippen LogP contribution in [-0.2, 0) is 4.74 Å². The van der Waals surface area contributed by atoms with Crippen LogP contribution >= 0.6 is 0 Å². The van der Waals surface area contributed by atoms with E-state index in [0.29, 0.717) is 32.5 Å². The van der Waals surface area contributed by atoms with Crippen LogP contribution in [0.4, 0.5) is 13.6 Å². The van der Waals surface area contributed by atoms with Gasteiger partial charge in [0.2, 0.25) is 0 Å². The molecule has 2 rings (SSSR count). The summed E-state index contributed by atoms with van der Waals surface area (Å²) in [6, 6.07) is 2.06. The highest BCUT2D eigenvalue weighted by atomic mass is 19.2. The SMILES string of the molecule is CCOC(=O)N1CCC(c2c(O)ccc(F)c2F)CC1. The number of amides is 1. The molecule has 0 aromatic heterocycles. The molecule has 0 radical (unpaired) electrons. The molecule has 1 fully saturated rings. The molecule has 1 amide bonds. The number of carbonyl (C=O) groups is 1. The molecule has 0 spiro atoms. The minimum Gasteiger partial charge on any atom is -0.508 e. The summed E-state index contributed by atoms with van der Waals surface area (Å²) in [5.41, 5.74) is 0.00788. The molecule has 20 heavy (non-hydrogen) atoms. The average molecular weight is 285 g/mol. The minimum absolute atomic E-state index is 0.00788. The Morgan fingerprint density at radius 2 is 2.05 bits per heavy atom. The lowest BCUT2D eigenvalue weighted by Crippen LogP contribution is -2.38. The molecule has 1 N–H and O–H groups in total. The summed E-state index contributed by atoms with van der Waals surface area (Å²) in [5.74, 6) is -2.50. The Bertz CT molecular complexity index is 499. The fourth-order valence-corrected chi connectivity index (χ4v) is 2.51. The number of phenolic OH excluding ortho intramolecular Hbond substituents is 1. The normalized spacial score (nSPS) is 16.2. The molecule has 0 atom stereocenters. The smallest absolute Gasteiger partial charge is 0.409 e. The average Bonchev–Trinajstić information content (AvgIpc) is 2.44. The molecule has 0 saturated carbocycles. The van der Waals surface area contributed by atoms with Crippen LogP contribution in [0.3, 0.4) is 0 Å². The molecule has 110 valence electrons. The lowest BCUT2D eigenvalue weighted by molar-refractivity contribution is 0.0967. The third-order valence-electron chi connectivity index (χ3n) is 3.54. The van der Waals surface area contributed by atoms with Gasteiger partial charge in [0.1, 0.15) is 5.75 Å². The quantitative estimate of drug-likeness (QED) is 0.908. The van der Waals surface area contributed by atoms with Crippen LogP contribution in [0.2, 0.25) is 0 Å². The Labute approximate surface area is 116 Å². The van der Waals surface area contributed by atoms with E-state index in [9.17, 15) is 18.7 Å². The highest BCUT2D eigenvalue weighted by Gasteiger charge is 2.29. The van der Waals surface area contributed by atoms with E-state index in [2.05, 4.69) is 0 Å². The summed E-state index contributed by atoms with van der Waals surface area (Å²) in [4.78, 5) is 13.1. The standard InChI is InChI=1S/C14H17F2NO3/c1-2-20-14(19)17-7-5-9(6-8-17)12-11(18)4-3-10(15)13(12)16/h3-4,9,18H,2,5-8H2,1H3. The topological polar surface area (TPSA) is 49.8 Å². The molecule has 0 bridgehead atoms. The van der Waals surface area contributed by atoms with Gasteiger partial charge in [0.05, 0.1) is 6.61 Å². The van der Waals surface area contributed by atoms with Crippen molar-refractivity contribution in [2.75, 3.05) is 19.7 Å². The van der Waals surface area contributed by atoms with Crippen LogP contribution in [0.1, 0.15) is 31.2 Å². The van der Waals surface area contributed by atoms with Crippen molar-refractivity contribution in [2.24, 2.45) is 0 Å². The molecular formula is C14H17F2NO3. The third kappa shape index (κ3) is 2.84. The van der Waals surface area contributed by atoms with Gasteiger partial charge in [-0.3, -0.25) is 0 Å². The largest absolute Gasteiger partial charge is 0.508 e. The first-order chi connectivity index (χ1) is 9.54. The van der Waals surface area contributed by atoms with Crippen LogP contribution in [0, 0.1) is 11.6 Å². The maximum atomic E-state index is 13.8. The molecule has 1 aliphatic heterocycles. The van der Waals surface area contributed by atoms with Crippen molar-refractivity contribution in [1.82, 2.24) is 4.90 Å². The first-order valence-electron chi connectivity index (χ1n) is 6.63. The van der Waals surface area contributed by atoms with Crippen LogP contribution in [0.25, 0.3) is 0 Å². The van der Waals surface area contributed by atoms with Crippen molar-refractivity contribution >= 4 is 6.09 Å². The van der Waals surface area contributed by atoms with E-state index in [1.54, 1.807) is 6.92 Å². The van der Waals surface area contributed by atoms with Crippen molar-refractivity contribution in [3.8, 4) is 5.75 Å². The zero-order valence-corrected chi connectivity index (χ0v) is 11.2. The summed E-state index contributed by atoms with van der Waals surface area (Å²) < 4.78 is 31.9. The number of hydrogen-bond donors (Lipinski definition) is 1. The molecule has 1 heterocycles. The van der Waals surface area contributed by atoms with Crippen LogP contribution < -0.4 is 0 Å². The van der Waals surface area contributed by atoms with Gasteiger partial charge < -0.3 is 14.7 Å². The molecule has 6 heteroatoms. The lowest BCUT2D eigenvalue weighted by Gasteiger charge is -2.31. The molecule has 4 nitrogen and oxygen atoms in total. The van der Waals surface area contributed by atoms with Crippen molar-refractivity contribution in [3.63, 3.8) is 0 Å². The number of benzene rings is 1. The Kier molecular flexibility index (Phi) is 4.42. The number of rotatable bonds is 2. The van der Waals surface area contributed by atoms with Crippen molar-refractivity contribution < 1.29 is 23.4 Å². The molecular weight excluding hydrogens is 268 g/mol. The number of carbonyl (C=O) groups excluding carboxylic acids is 1. The zero-order chi connectivity index (χ0) is 14.7. The van der Waals surface area contributed by atoms with Gasteiger partial charge in [-0.15, -0.1) is 0 Å². The van der Waals surface area contributed by atoms with Gasteiger partial charge >= 0.3 is 6.09 Å².